The lowest BCUT2D eigenvalue weighted by Crippen LogP contribution is -2.42. The van der Waals surface area contributed by atoms with Crippen molar-refractivity contribution in [3.05, 3.63) is 0 Å². The third-order valence-corrected chi connectivity index (χ3v) is 1.79. The first-order chi connectivity index (χ1) is 7.20. The third kappa shape index (κ3) is 9.72. The van der Waals surface area contributed by atoms with Crippen LogP contribution in [0.15, 0.2) is 0 Å². The number of rotatable bonds is 6. The Morgan fingerprint density at radius 3 is 2.38 bits per heavy atom. The topological polar surface area (TPSA) is 61.4 Å². The maximum atomic E-state index is 11.7. The first-order valence-electron chi connectivity index (χ1n) is 4.95. The molecular formula is C9H17F3N2O2. The lowest BCUT2D eigenvalue weighted by Gasteiger charge is -2.15. The molecule has 0 radical (unpaired) electrons. The Morgan fingerprint density at radius 1 is 1.38 bits per heavy atom. The van der Waals surface area contributed by atoms with E-state index in [-0.39, 0.29) is 12.6 Å². The van der Waals surface area contributed by atoms with Gasteiger partial charge in [0.05, 0.1) is 12.6 Å². The SMILES string of the molecule is CC(O)CC(C)NCC(=O)NCC(F)(F)F. The van der Waals surface area contributed by atoms with Gasteiger partial charge in [-0.25, -0.2) is 0 Å². The van der Waals surface area contributed by atoms with Gasteiger partial charge in [0, 0.05) is 6.04 Å². The number of aliphatic hydroxyl groups excluding tert-OH is 1. The monoisotopic (exact) mass is 242 g/mol. The maximum Gasteiger partial charge on any atom is 0.405 e. The predicted octanol–water partition coefficient (Wildman–Crippen LogP) is 0.414. The molecule has 3 N–H and O–H groups in total. The van der Waals surface area contributed by atoms with Crippen LogP contribution < -0.4 is 10.6 Å². The Hall–Kier alpha value is -0.820. The summed E-state index contributed by atoms with van der Waals surface area (Å²) >= 11 is 0. The van der Waals surface area contributed by atoms with Gasteiger partial charge in [-0.1, -0.05) is 0 Å². The second-order valence-electron chi connectivity index (χ2n) is 3.76. The molecule has 0 aromatic heterocycles. The summed E-state index contributed by atoms with van der Waals surface area (Å²) < 4.78 is 35.2. The van der Waals surface area contributed by atoms with Crippen molar-refractivity contribution in [1.29, 1.82) is 0 Å². The van der Waals surface area contributed by atoms with E-state index < -0.39 is 24.7 Å². The first-order valence-corrected chi connectivity index (χ1v) is 4.95. The Labute approximate surface area is 92.2 Å². The minimum Gasteiger partial charge on any atom is -0.393 e. The van der Waals surface area contributed by atoms with E-state index in [9.17, 15) is 18.0 Å². The molecule has 0 saturated heterocycles. The lowest BCUT2D eigenvalue weighted by molar-refractivity contribution is -0.137. The number of aliphatic hydroxyl groups is 1. The van der Waals surface area contributed by atoms with Crippen LogP contribution in [-0.4, -0.2) is 42.4 Å². The highest BCUT2D eigenvalue weighted by atomic mass is 19.4. The van der Waals surface area contributed by atoms with Crippen LogP contribution in [0, 0.1) is 0 Å². The average Bonchev–Trinajstić information content (AvgIpc) is 2.09. The number of alkyl halides is 3. The molecule has 0 fully saturated rings. The van der Waals surface area contributed by atoms with Crippen molar-refractivity contribution in [2.75, 3.05) is 13.1 Å². The first kappa shape index (κ1) is 15.2. The summed E-state index contributed by atoms with van der Waals surface area (Å²) in [6.45, 7) is 1.83. The summed E-state index contributed by atoms with van der Waals surface area (Å²) in [4.78, 5) is 10.9. The fourth-order valence-electron chi connectivity index (χ4n) is 1.12. The number of halogens is 3. The number of nitrogens with one attached hydrogen (secondary N) is 2. The van der Waals surface area contributed by atoms with Crippen LogP contribution in [0.4, 0.5) is 13.2 Å². The number of carbonyl (C=O) groups is 1. The van der Waals surface area contributed by atoms with Gasteiger partial charge in [-0.15, -0.1) is 0 Å². The predicted molar refractivity (Wildman–Crippen MR) is 52.8 cm³/mol. The molecule has 0 rings (SSSR count). The van der Waals surface area contributed by atoms with E-state index in [0.29, 0.717) is 6.42 Å². The summed E-state index contributed by atoms with van der Waals surface area (Å²) in [5.41, 5.74) is 0. The number of carbonyl (C=O) groups excluding carboxylic acids is 1. The summed E-state index contributed by atoms with van der Waals surface area (Å²) in [5.74, 6) is -0.713. The van der Waals surface area contributed by atoms with Crippen LogP contribution in [0.5, 0.6) is 0 Å². The molecule has 1 amide bonds. The number of hydrogen-bond acceptors (Lipinski definition) is 3. The summed E-state index contributed by atoms with van der Waals surface area (Å²) in [6, 6.07) is -0.128. The standard InChI is InChI=1S/C9H17F3N2O2/c1-6(3-7(2)15)13-4-8(16)14-5-9(10,11)12/h6-7,13,15H,3-5H2,1-2H3,(H,14,16). The molecule has 0 aromatic carbocycles. The van der Waals surface area contributed by atoms with Gasteiger partial charge in [-0.05, 0) is 20.3 Å². The highest BCUT2D eigenvalue weighted by Gasteiger charge is 2.27. The molecule has 0 saturated carbocycles. The molecule has 0 spiro atoms. The van der Waals surface area contributed by atoms with Crippen molar-refractivity contribution in [2.45, 2.75) is 38.6 Å². The second kappa shape index (κ2) is 6.70. The van der Waals surface area contributed by atoms with Crippen molar-refractivity contribution in [2.24, 2.45) is 0 Å². The molecule has 4 nitrogen and oxygen atoms in total. The van der Waals surface area contributed by atoms with Gasteiger partial charge < -0.3 is 15.7 Å². The maximum absolute atomic E-state index is 11.7. The lowest BCUT2D eigenvalue weighted by atomic mass is 10.1. The molecule has 0 aliphatic rings. The van der Waals surface area contributed by atoms with Crippen LogP contribution in [0.2, 0.25) is 0 Å². The fourth-order valence-corrected chi connectivity index (χ4v) is 1.12. The van der Waals surface area contributed by atoms with Crippen molar-refractivity contribution in [1.82, 2.24) is 10.6 Å². The molecule has 0 aromatic rings. The Morgan fingerprint density at radius 2 is 1.94 bits per heavy atom. The van der Waals surface area contributed by atoms with Crippen molar-refractivity contribution < 1.29 is 23.1 Å². The van der Waals surface area contributed by atoms with Gasteiger partial charge in [0.15, 0.2) is 0 Å². The van der Waals surface area contributed by atoms with E-state index in [1.807, 2.05) is 0 Å². The van der Waals surface area contributed by atoms with Gasteiger partial charge in [0.2, 0.25) is 5.91 Å². The summed E-state index contributed by atoms with van der Waals surface area (Å²) in [7, 11) is 0. The molecule has 2 atom stereocenters. The van der Waals surface area contributed by atoms with Crippen molar-refractivity contribution >= 4 is 5.91 Å². The minimum absolute atomic E-state index is 0.128. The van der Waals surface area contributed by atoms with E-state index in [1.54, 1.807) is 19.2 Å². The highest BCUT2D eigenvalue weighted by molar-refractivity contribution is 5.78. The highest BCUT2D eigenvalue weighted by Crippen LogP contribution is 2.11. The van der Waals surface area contributed by atoms with Crippen LogP contribution in [-0.2, 0) is 4.79 Å². The molecule has 16 heavy (non-hydrogen) atoms. The molecule has 2 unspecified atom stereocenters. The zero-order valence-corrected chi connectivity index (χ0v) is 9.27. The van der Waals surface area contributed by atoms with E-state index in [4.69, 9.17) is 5.11 Å². The van der Waals surface area contributed by atoms with E-state index >= 15 is 0 Å². The van der Waals surface area contributed by atoms with Crippen LogP contribution in [0.25, 0.3) is 0 Å². The summed E-state index contributed by atoms with van der Waals surface area (Å²) in [6.07, 6.45) is -4.46. The molecule has 0 aliphatic carbocycles. The molecular weight excluding hydrogens is 225 g/mol. The average molecular weight is 242 g/mol. The Bertz CT molecular complexity index is 219. The van der Waals surface area contributed by atoms with Gasteiger partial charge in [0.1, 0.15) is 6.54 Å². The van der Waals surface area contributed by atoms with Crippen molar-refractivity contribution in [3.63, 3.8) is 0 Å². The van der Waals surface area contributed by atoms with E-state index in [1.165, 1.54) is 0 Å². The van der Waals surface area contributed by atoms with Crippen LogP contribution >= 0.6 is 0 Å². The fraction of sp³-hybridized carbons (Fsp3) is 0.889. The summed E-state index contributed by atoms with van der Waals surface area (Å²) in [5, 5.41) is 13.5. The number of amides is 1. The normalized spacial score (nSPS) is 15.6. The van der Waals surface area contributed by atoms with Gasteiger partial charge in [-0.3, -0.25) is 4.79 Å². The quantitative estimate of drug-likeness (QED) is 0.632. The Kier molecular flexibility index (Phi) is 6.35. The zero-order valence-electron chi connectivity index (χ0n) is 9.27. The third-order valence-electron chi connectivity index (χ3n) is 1.79. The minimum atomic E-state index is -4.39. The molecule has 96 valence electrons. The Balaban J connectivity index is 3.65. The van der Waals surface area contributed by atoms with Gasteiger partial charge in [-0.2, -0.15) is 13.2 Å². The second-order valence-corrected chi connectivity index (χ2v) is 3.76. The van der Waals surface area contributed by atoms with Gasteiger partial charge >= 0.3 is 6.18 Å². The smallest absolute Gasteiger partial charge is 0.393 e. The van der Waals surface area contributed by atoms with E-state index in [0.717, 1.165) is 0 Å². The zero-order chi connectivity index (χ0) is 12.8. The van der Waals surface area contributed by atoms with Crippen LogP contribution in [0.3, 0.4) is 0 Å². The van der Waals surface area contributed by atoms with Crippen LogP contribution in [0.1, 0.15) is 20.3 Å². The largest absolute Gasteiger partial charge is 0.405 e. The number of hydrogen-bond donors (Lipinski definition) is 3. The molecule has 0 bridgehead atoms. The van der Waals surface area contributed by atoms with Gasteiger partial charge in [0.25, 0.3) is 0 Å². The van der Waals surface area contributed by atoms with E-state index in [2.05, 4.69) is 5.32 Å². The van der Waals surface area contributed by atoms with Crippen molar-refractivity contribution in [3.8, 4) is 0 Å². The molecule has 0 aliphatic heterocycles. The molecule has 0 heterocycles. The molecule has 7 heteroatoms.